The van der Waals surface area contributed by atoms with Gasteiger partial charge in [-0.2, -0.15) is 0 Å². The first-order chi connectivity index (χ1) is 7.04. The Hall–Kier alpha value is -0.620. The van der Waals surface area contributed by atoms with Gasteiger partial charge in [0, 0.05) is 23.1 Å². The molecule has 0 radical (unpaired) electrons. The summed E-state index contributed by atoms with van der Waals surface area (Å²) in [5, 5.41) is 7.44. The van der Waals surface area contributed by atoms with Gasteiger partial charge in [0.05, 0.1) is 0 Å². The third kappa shape index (κ3) is 2.15. The molecule has 5 nitrogen and oxygen atoms in total. The molecule has 0 aromatic carbocycles. The number of halogens is 1. The Morgan fingerprint density at radius 3 is 2.60 bits per heavy atom. The number of hydrogen-bond acceptors (Lipinski definition) is 4. The van der Waals surface area contributed by atoms with Crippen LogP contribution in [0.3, 0.4) is 0 Å². The number of hydrogen-bond donors (Lipinski definition) is 0. The van der Waals surface area contributed by atoms with Crippen LogP contribution in [-0.2, 0) is 15.5 Å². The van der Waals surface area contributed by atoms with E-state index in [0.717, 1.165) is 31.5 Å². The first-order valence-corrected chi connectivity index (χ1v) is 7.23. The molecule has 2 rings (SSSR count). The summed E-state index contributed by atoms with van der Waals surface area (Å²) in [6.07, 6.45) is 3.60. The lowest BCUT2D eigenvalue weighted by Gasteiger charge is -2.05. The van der Waals surface area contributed by atoms with Gasteiger partial charge < -0.3 is 0 Å². The molecule has 0 aliphatic heterocycles. The first-order valence-electron chi connectivity index (χ1n) is 4.92. The summed E-state index contributed by atoms with van der Waals surface area (Å²) in [6, 6.07) is 0.227. The third-order valence-corrected chi connectivity index (χ3v) is 3.47. The Morgan fingerprint density at radius 1 is 1.47 bits per heavy atom. The Bertz CT molecular complexity index is 464. The van der Waals surface area contributed by atoms with E-state index in [1.807, 2.05) is 6.92 Å². The summed E-state index contributed by atoms with van der Waals surface area (Å²) >= 11 is 0. The van der Waals surface area contributed by atoms with Crippen LogP contribution in [0.2, 0.25) is 0 Å². The van der Waals surface area contributed by atoms with E-state index in [-0.39, 0.29) is 11.2 Å². The van der Waals surface area contributed by atoms with Crippen molar-refractivity contribution in [3.63, 3.8) is 0 Å². The quantitative estimate of drug-likeness (QED) is 0.759. The molecule has 0 spiro atoms. The SMILES string of the molecule is CCCc1nnc(S(=O)(=O)Cl)n1C1CC1. The van der Waals surface area contributed by atoms with Crippen molar-refractivity contribution < 1.29 is 8.42 Å². The minimum absolute atomic E-state index is 0.102. The second kappa shape index (κ2) is 3.75. The summed E-state index contributed by atoms with van der Waals surface area (Å²) in [5.41, 5.74) is 0. The van der Waals surface area contributed by atoms with Gasteiger partial charge >= 0.3 is 0 Å². The molecule has 1 heterocycles. The van der Waals surface area contributed by atoms with Crippen molar-refractivity contribution in [3.8, 4) is 0 Å². The highest BCUT2D eigenvalue weighted by molar-refractivity contribution is 8.13. The van der Waals surface area contributed by atoms with Gasteiger partial charge in [-0.15, -0.1) is 10.2 Å². The van der Waals surface area contributed by atoms with Crippen molar-refractivity contribution in [3.05, 3.63) is 5.82 Å². The maximum absolute atomic E-state index is 11.2. The molecular formula is C8H12ClN3O2S. The molecule has 1 fully saturated rings. The number of nitrogens with zero attached hydrogens (tertiary/aromatic N) is 3. The molecule has 1 aromatic heterocycles. The van der Waals surface area contributed by atoms with Gasteiger partial charge in [0.15, 0.2) is 0 Å². The lowest BCUT2D eigenvalue weighted by Crippen LogP contribution is -2.08. The van der Waals surface area contributed by atoms with Gasteiger partial charge in [-0.05, 0) is 19.3 Å². The van der Waals surface area contributed by atoms with Crippen LogP contribution >= 0.6 is 10.7 Å². The summed E-state index contributed by atoms with van der Waals surface area (Å²) in [4.78, 5) is 0. The third-order valence-electron chi connectivity index (χ3n) is 2.34. The number of rotatable bonds is 4. The van der Waals surface area contributed by atoms with Gasteiger partial charge in [-0.25, -0.2) is 8.42 Å². The molecule has 7 heteroatoms. The van der Waals surface area contributed by atoms with Crippen LogP contribution < -0.4 is 0 Å². The number of aromatic nitrogens is 3. The van der Waals surface area contributed by atoms with E-state index in [1.165, 1.54) is 0 Å². The number of aryl methyl sites for hydroxylation is 1. The molecule has 0 N–H and O–H groups in total. The van der Waals surface area contributed by atoms with E-state index < -0.39 is 9.05 Å². The van der Waals surface area contributed by atoms with Crippen LogP contribution in [0.15, 0.2) is 5.16 Å². The van der Waals surface area contributed by atoms with E-state index in [9.17, 15) is 8.42 Å². The minimum Gasteiger partial charge on any atom is -0.298 e. The van der Waals surface area contributed by atoms with Crippen molar-refractivity contribution in [2.75, 3.05) is 0 Å². The molecule has 0 unspecified atom stereocenters. The van der Waals surface area contributed by atoms with Gasteiger partial charge in [0.1, 0.15) is 5.82 Å². The van der Waals surface area contributed by atoms with E-state index in [2.05, 4.69) is 10.2 Å². The van der Waals surface area contributed by atoms with Crippen LogP contribution in [0.1, 0.15) is 38.1 Å². The second-order valence-electron chi connectivity index (χ2n) is 3.69. The van der Waals surface area contributed by atoms with E-state index >= 15 is 0 Å². The van der Waals surface area contributed by atoms with Gasteiger partial charge in [-0.1, -0.05) is 6.92 Å². The summed E-state index contributed by atoms with van der Waals surface area (Å²) in [7, 11) is 1.52. The largest absolute Gasteiger partial charge is 0.298 e. The molecule has 0 bridgehead atoms. The molecule has 0 amide bonds. The van der Waals surface area contributed by atoms with E-state index in [0.29, 0.717) is 0 Å². The standard InChI is InChI=1S/C8H12ClN3O2S/c1-2-3-7-10-11-8(15(9,13)14)12(7)6-4-5-6/h6H,2-5H2,1H3. The van der Waals surface area contributed by atoms with Crippen LogP contribution in [0.5, 0.6) is 0 Å². The van der Waals surface area contributed by atoms with Crippen molar-refractivity contribution in [2.45, 2.75) is 43.8 Å². The predicted molar refractivity (Wildman–Crippen MR) is 55.3 cm³/mol. The molecular weight excluding hydrogens is 238 g/mol. The molecule has 1 aliphatic rings. The molecule has 1 aliphatic carbocycles. The molecule has 1 aromatic rings. The summed E-state index contributed by atoms with van der Waals surface area (Å²) < 4.78 is 24.2. The van der Waals surface area contributed by atoms with Crippen LogP contribution in [0, 0.1) is 0 Å². The molecule has 15 heavy (non-hydrogen) atoms. The monoisotopic (exact) mass is 249 g/mol. The summed E-state index contributed by atoms with van der Waals surface area (Å²) in [6.45, 7) is 2.01. The first kappa shape index (κ1) is 10.9. The summed E-state index contributed by atoms with van der Waals surface area (Å²) in [5.74, 6) is 0.722. The maximum atomic E-state index is 11.2. The smallest absolute Gasteiger partial charge is 0.296 e. The highest BCUT2D eigenvalue weighted by Gasteiger charge is 2.33. The second-order valence-corrected chi connectivity index (χ2v) is 6.15. The van der Waals surface area contributed by atoms with E-state index in [1.54, 1.807) is 4.57 Å². The normalized spacial score (nSPS) is 16.9. The fourth-order valence-electron chi connectivity index (χ4n) is 1.57. The van der Waals surface area contributed by atoms with Crippen molar-refractivity contribution in [1.82, 2.24) is 14.8 Å². The van der Waals surface area contributed by atoms with Crippen molar-refractivity contribution in [2.24, 2.45) is 0 Å². The molecule has 0 saturated heterocycles. The Balaban J connectivity index is 2.47. The van der Waals surface area contributed by atoms with E-state index in [4.69, 9.17) is 10.7 Å². The van der Waals surface area contributed by atoms with Gasteiger partial charge in [0.25, 0.3) is 14.2 Å². The zero-order valence-electron chi connectivity index (χ0n) is 8.35. The molecule has 84 valence electrons. The highest BCUT2D eigenvalue weighted by Crippen LogP contribution is 2.38. The van der Waals surface area contributed by atoms with Crippen LogP contribution in [0.25, 0.3) is 0 Å². The predicted octanol–water partition coefficient (Wildman–Crippen LogP) is 1.49. The average Bonchev–Trinajstić information content (AvgIpc) is 2.87. The minimum atomic E-state index is -3.77. The topological polar surface area (TPSA) is 64.8 Å². The fourth-order valence-corrected chi connectivity index (χ4v) is 2.51. The lowest BCUT2D eigenvalue weighted by molar-refractivity contribution is 0.567. The zero-order chi connectivity index (χ0) is 11.1. The van der Waals surface area contributed by atoms with Crippen molar-refractivity contribution in [1.29, 1.82) is 0 Å². The highest BCUT2D eigenvalue weighted by atomic mass is 35.7. The fraction of sp³-hybridized carbons (Fsp3) is 0.750. The lowest BCUT2D eigenvalue weighted by atomic mass is 10.3. The van der Waals surface area contributed by atoms with Gasteiger partial charge in [-0.3, -0.25) is 4.57 Å². The molecule has 0 atom stereocenters. The Kier molecular flexibility index (Phi) is 2.72. The van der Waals surface area contributed by atoms with Crippen LogP contribution in [-0.4, -0.2) is 23.2 Å². The van der Waals surface area contributed by atoms with Crippen molar-refractivity contribution >= 4 is 19.7 Å². The average molecular weight is 250 g/mol. The zero-order valence-corrected chi connectivity index (χ0v) is 9.92. The van der Waals surface area contributed by atoms with Gasteiger partial charge in [0.2, 0.25) is 0 Å². The Labute approximate surface area is 92.9 Å². The molecule has 1 saturated carbocycles. The Morgan fingerprint density at radius 2 is 2.13 bits per heavy atom. The van der Waals surface area contributed by atoms with Crippen LogP contribution in [0.4, 0.5) is 0 Å². The maximum Gasteiger partial charge on any atom is 0.296 e.